The van der Waals surface area contributed by atoms with Crippen LogP contribution in [0.25, 0.3) is 0 Å². The van der Waals surface area contributed by atoms with Crippen LogP contribution in [0.3, 0.4) is 0 Å². The molecule has 0 aromatic heterocycles. The average molecular weight is 327 g/mol. The van der Waals surface area contributed by atoms with Crippen molar-refractivity contribution in [3.8, 4) is 0 Å². The van der Waals surface area contributed by atoms with Crippen molar-refractivity contribution in [3.63, 3.8) is 0 Å². The van der Waals surface area contributed by atoms with Crippen LogP contribution in [0.15, 0.2) is 36.4 Å². The van der Waals surface area contributed by atoms with Crippen LogP contribution >= 0.6 is 12.2 Å². The molecule has 2 nitrogen and oxygen atoms in total. The van der Waals surface area contributed by atoms with Crippen molar-refractivity contribution >= 4 is 23.0 Å². The molecule has 0 unspecified atom stereocenters. The van der Waals surface area contributed by atoms with Gasteiger partial charge in [-0.2, -0.15) is 0 Å². The summed E-state index contributed by atoms with van der Waals surface area (Å²) in [6, 6.07) is 9.17. The number of rotatable bonds is 3. The fraction of sp³-hybridized carbons (Fsp3) is 0.550. The van der Waals surface area contributed by atoms with Gasteiger partial charge >= 0.3 is 0 Å². The summed E-state index contributed by atoms with van der Waals surface area (Å²) in [5, 5.41) is 7.73. The van der Waals surface area contributed by atoms with E-state index >= 15 is 0 Å². The lowest BCUT2D eigenvalue weighted by Gasteiger charge is -2.32. The van der Waals surface area contributed by atoms with E-state index in [0.717, 1.165) is 34.5 Å². The highest BCUT2D eigenvalue weighted by atomic mass is 32.1. The molecular weight excluding hydrogens is 300 g/mol. The largest absolute Gasteiger partial charge is 0.359 e. The lowest BCUT2D eigenvalue weighted by Crippen LogP contribution is -2.44. The molecule has 3 aliphatic rings. The Hall–Kier alpha value is -1.35. The van der Waals surface area contributed by atoms with Crippen molar-refractivity contribution in [1.29, 1.82) is 0 Å². The normalized spacial score (nSPS) is 34.0. The zero-order valence-electron chi connectivity index (χ0n) is 14.0. The highest BCUT2D eigenvalue weighted by Gasteiger charge is 2.52. The molecule has 0 heterocycles. The lowest BCUT2D eigenvalue weighted by atomic mass is 9.79. The van der Waals surface area contributed by atoms with Crippen LogP contribution in [0.2, 0.25) is 0 Å². The number of allylic oxidation sites excluding steroid dienone is 2. The molecule has 0 radical (unpaired) electrons. The van der Waals surface area contributed by atoms with E-state index in [0.29, 0.717) is 12.0 Å². The molecular formula is C20H26N2S. The van der Waals surface area contributed by atoms with Gasteiger partial charge in [-0.05, 0) is 78.8 Å². The third-order valence-corrected chi connectivity index (χ3v) is 6.38. The molecule has 0 saturated heterocycles. The fourth-order valence-electron chi connectivity index (χ4n) is 5.00. The third kappa shape index (κ3) is 2.80. The van der Waals surface area contributed by atoms with Crippen LogP contribution < -0.4 is 10.6 Å². The highest BCUT2D eigenvalue weighted by Crippen LogP contribution is 2.56. The van der Waals surface area contributed by atoms with Crippen LogP contribution in [-0.2, 0) is 0 Å². The van der Waals surface area contributed by atoms with Crippen LogP contribution in [0.1, 0.15) is 44.6 Å². The zero-order valence-corrected chi connectivity index (χ0v) is 14.8. The molecule has 0 spiro atoms. The number of hydrogen-bond acceptors (Lipinski definition) is 1. The SMILES string of the molecule is CC(C)c1ccc(NC(=S)N[C@@H]2C[C@H]3C[C@H]2[C@@H]2C=CC[C@H]32)cc1. The third-order valence-electron chi connectivity index (χ3n) is 6.16. The summed E-state index contributed by atoms with van der Waals surface area (Å²) < 4.78 is 0. The summed E-state index contributed by atoms with van der Waals surface area (Å²) in [4.78, 5) is 0. The molecule has 1 aromatic rings. The van der Waals surface area contributed by atoms with Gasteiger partial charge in [0.25, 0.3) is 0 Å². The summed E-state index contributed by atoms with van der Waals surface area (Å²) in [6.45, 7) is 4.43. The van der Waals surface area contributed by atoms with Crippen molar-refractivity contribution in [3.05, 3.63) is 42.0 Å². The Labute approximate surface area is 144 Å². The number of fused-ring (bicyclic) bond motifs is 5. The van der Waals surface area contributed by atoms with Gasteiger partial charge in [-0.25, -0.2) is 0 Å². The number of anilines is 1. The van der Waals surface area contributed by atoms with Gasteiger partial charge in [0.05, 0.1) is 0 Å². The summed E-state index contributed by atoms with van der Waals surface area (Å²) in [5.74, 6) is 4.00. The highest BCUT2D eigenvalue weighted by molar-refractivity contribution is 7.80. The number of nitrogens with one attached hydrogen (secondary N) is 2. The van der Waals surface area contributed by atoms with Gasteiger partial charge in [0, 0.05) is 11.7 Å². The summed E-state index contributed by atoms with van der Waals surface area (Å²) in [5.41, 5.74) is 2.44. The molecule has 3 heteroatoms. The Morgan fingerprint density at radius 2 is 1.91 bits per heavy atom. The van der Waals surface area contributed by atoms with Gasteiger partial charge in [-0.3, -0.25) is 0 Å². The van der Waals surface area contributed by atoms with Crippen LogP contribution in [0, 0.1) is 23.7 Å². The standard InChI is InChI=1S/C20H26N2S/c1-12(2)13-6-8-15(9-7-13)21-20(23)22-19-11-14-10-18(19)17-5-3-4-16(14)17/h3,5-9,12,14,16-19H,4,10-11H2,1-2H3,(H2,21,22,23)/t14-,16-,17-,18+,19-/m1/s1. The van der Waals surface area contributed by atoms with Gasteiger partial charge < -0.3 is 10.6 Å². The van der Waals surface area contributed by atoms with Crippen molar-refractivity contribution in [2.24, 2.45) is 23.7 Å². The topological polar surface area (TPSA) is 24.1 Å². The maximum atomic E-state index is 5.55. The van der Waals surface area contributed by atoms with E-state index in [1.807, 2.05) is 0 Å². The van der Waals surface area contributed by atoms with Gasteiger partial charge in [-0.15, -0.1) is 0 Å². The first kappa shape index (κ1) is 15.2. The first-order chi connectivity index (χ1) is 11.1. The minimum absolute atomic E-state index is 0.555. The van der Waals surface area contributed by atoms with Crippen molar-refractivity contribution in [2.45, 2.75) is 45.1 Å². The minimum atomic E-state index is 0.555. The maximum Gasteiger partial charge on any atom is 0.171 e. The average Bonchev–Trinajstić information content (AvgIpc) is 3.19. The second-order valence-electron chi connectivity index (χ2n) is 7.78. The molecule has 4 rings (SSSR count). The molecule has 0 amide bonds. The minimum Gasteiger partial charge on any atom is -0.359 e. The van der Waals surface area contributed by atoms with Crippen LogP contribution in [0.5, 0.6) is 0 Å². The van der Waals surface area contributed by atoms with E-state index in [2.05, 4.69) is 60.9 Å². The van der Waals surface area contributed by atoms with E-state index in [9.17, 15) is 0 Å². The molecule has 2 bridgehead atoms. The summed E-state index contributed by atoms with van der Waals surface area (Å²) >= 11 is 5.55. The molecule has 1 aromatic carbocycles. The van der Waals surface area contributed by atoms with Gasteiger partial charge in [0.1, 0.15) is 0 Å². The molecule has 2 N–H and O–H groups in total. The Bertz CT molecular complexity index is 619. The van der Waals surface area contributed by atoms with Crippen molar-refractivity contribution in [2.75, 3.05) is 5.32 Å². The van der Waals surface area contributed by atoms with Gasteiger partial charge in [0.15, 0.2) is 5.11 Å². The number of hydrogen-bond donors (Lipinski definition) is 2. The fourth-order valence-corrected chi connectivity index (χ4v) is 5.27. The van der Waals surface area contributed by atoms with E-state index in [1.54, 1.807) is 0 Å². The first-order valence-corrected chi connectivity index (χ1v) is 9.37. The van der Waals surface area contributed by atoms with Crippen LogP contribution in [-0.4, -0.2) is 11.2 Å². The van der Waals surface area contributed by atoms with E-state index < -0.39 is 0 Å². The predicted octanol–water partition coefficient (Wildman–Crippen LogP) is 4.70. The molecule has 3 aliphatic carbocycles. The Kier molecular flexibility index (Phi) is 3.92. The second-order valence-corrected chi connectivity index (χ2v) is 8.19. The Morgan fingerprint density at radius 3 is 2.65 bits per heavy atom. The van der Waals surface area contributed by atoms with E-state index in [4.69, 9.17) is 12.2 Å². The predicted molar refractivity (Wildman–Crippen MR) is 101 cm³/mol. The zero-order chi connectivity index (χ0) is 16.0. The monoisotopic (exact) mass is 326 g/mol. The first-order valence-electron chi connectivity index (χ1n) is 8.96. The lowest BCUT2D eigenvalue weighted by molar-refractivity contribution is 0.246. The number of benzene rings is 1. The molecule has 0 aliphatic heterocycles. The smallest absolute Gasteiger partial charge is 0.171 e. The Morgan fingerprint density at radius 1 is 1.13 bits per heavy atom. The van der Waals surface area contributed by atoms with Gasteiger partial charge in [0.2, 0.25) is 0 Å². The van der Waals surface area contributed by atoms with Crippen LogP contribution in [0.4, 0.5) is 5.69 Å². The Balaban J connectivity index is 1.35. The number of thiocarbonyl (C=S) groups is 1. The second kappa shape index (κ2) is 5.94. The molecule has 2 fully saturated rings. The van der Waals surface area contributed by atoms with Crippen molar-refractivity contribution in [1.82, 2.24) is 5.32 Å². The maximum absolute atomic E-state index is 5.55. The molecule has 2 saturated carbocycles. The quantitative estimate of drug-likeness (QED) is 0.622. The molecule has 122 valence electrons. The molecule has 23 heavy (non-hydrogen) atoms. The summed E-state index contributed by atoms with van der Waals surface area (Å²) in [6.07, 6.45) is 8.85. The summed E-state index contributed by atoms with van der Waals surface area (Å²) in [7, 11) is 0. The van der Waals surface area contributed by atoms with E-state index in [-0.39, 0.29) is 0 Å². The molecule has 5 atom stereocenters. The van der Waals surface area contributed by atoms with Crippen molar-refractivity contribution < 1.29 is 0 Å². The van der Waals surface area contributed by atoms with Gasteiger partial charge in [-0.1, -0.05) is 38.1 Å². The van der Waals surface area contributed by atoms with E-state index in [1.165, 1.54) is 24.8 Å².